The molecule has 0 N–H and O–H groups in total. The number of rotatable bonds is 25. The van der Waals surface area contributed by atoms with Crippen LogP contribution in [-0.2, 0) is 19.1 Å². The van der Waals surface area contributed by atoms with E-state index in [2.05, 4.69) is 41.5 Å². The fraction of sp³-hybridized carbons (Fsp3) is 0.938. The molecule has 0 aliphatic heterocycles. The standard InChI is InChI=1S/C32H62O4/c1-27(2)19-15-17-25-35-31(33)22-14-12-10-8-7-9-11-13-21-30(29(5)6)23-24-32(34)36-26-18-16-20-28(3)4/h27-30H,7-26H2,1-6H3. The molecule has 0 amide bonds. The highest BCUT2D eigenvalue weighted by atomic mass is 16.5. The zero-order valence-corrected chi connectivity index (χ0v) is 25.1. The monoisotopic (exact) mass is 510 g/mol. The predicted molar refractivity (Wildman–Crippen MR) is 153 cm³/mol. The molecule has 0 saturated heterocycles. The van der Waals surface area contributed by atoms with Gasteiger partial charge in [-0.1, -0.05) is 106 Å². The lowest BCUT2D eigenvalue weighted by molar-refractivity contribution is -0.145. The van der Waals surface area contributed by atoms with E-state index in [0.29, 0.717) is 37.9 Å². The molecule has 0 aromatic carbocycles. The van der Waals surface area contributed by atoms with Gasteiger partial charge in [0.1, 0.15) is 0 Å². The Morgan fingerprint density at radius 1 is 0.472 bits per heavy atom. The summed E-state index contributed by atoms with van der Waals surface area (Å²) in [7, 11) is 0. The van der Waals surface area contributed by atoms with Crippen molar-refractivity contribution in [3.8, 4) is 0 Å². The quantitative estimate of drug-likeness (QED) is 0.0906. The molecule has 214 valence electrons. The summed E-state index contributed by atoms with van der Waals surface area (Å²) in [6.07, 6.45) is 19.7. The third kappa shape index (κ3) is 24.6. The minimum absolute atomic E-state index is 0.0138. The number of unbranched alkanes of at least 4 members (excludes halogenated alkanes) is 9. The van der Waals surface area contributed by atoms with Crippen molar-refractivity contribution < 1.29 is 19.1 Å². The summed E-state index contributed by atoms with van der Waals surface area (Å²) in [5, 5.41) is 0. The fourth-order valence-electron chi connectivity index (χ4n) is 4.68. The smallest absolute Gasteiger partial charge is 0.305 e. The first-order chi connectivity index (χ1) is 17.2. The van der Waals surface area contributed by atoms with Crippen molar-refractivity contribution in [3.63, 3.8) is 0 Å². The number of carbonyl (C=O) groups is 2. The second-order valence-corrected chi connectivity index (χ2v) is 12.1. The normalized spacial score (nSPS) is 12.5. The Labute approximate surface area is 225 Å². The van der Waals surface area contributed by atoms with Crippen LogP contribution in [0.1, 0.15) is 157 Å². The summed E-state index contributed by atoms with van der Waals surface area (Å²) in [6, 6.07) is 0. The van der Waals surface area contributed by atoms with Crippen molar-refractivity contribution in [1.82, 2.24) is 0 Å². The summed E-state index contributed by atoms with van der Waals surface area (Å²) in [5.41, 5.74) is 0. The van der Waals surface area contributed by atoms with Crippen LogP contribution in [0.2, 0.25) is 0 Å². The van der Waals surface area contributed by atoms with Gasteiger partial charge in [0.15, 0.2) is 0 Å². The van der Waals surface area contributed by atoms with Gasteiger partial charge in [-0.3, -0.25) is 9.59 Å². The molecule has 0 radical (unpaired) electrons. The molecule has 0 rings (SSSR count). The summed E-state index contributed by atoms with van der Waals surface area (Å²) >= 11 is 0. The SMILES string of the molecule is CC(C)CCCCOC(=O)CCCCCCCCCCC(CCC(=O)OCCCCC(C)C)C(C)C. The second-order valence-electron chi connectivity index (χ2n) is 12.1. The highest BCUT2D eigenvalue weighted by Gasteiger charge is 2.15. The van der Waals surface area contributed by atoms with E-state index in [0.717, 1.165) is 56.8 Å². The highest BCUT2D eigenvalue weighted by Crippen LogP contribution is 2.24. The molecular weight excluding hydrogens is 448 g/mol. The first kappa shape index (κ1) is 34.9. The van der Waals surface area contributed by atoms with E-state index >= 15 is 0 Å². The summed E-state index contributed by atoms with van der Waals surface area (Å²) in [5.74, 6) is 2.66. The summed E-state index contributed by atoms with van der Waals surface area (Å²) in [6.45, 7) is 14.7. The number of hydrogen-bond donors (Lipinski definition) is 0. The molecule has 0 heterocycles. The van der Waals surface area contributed by atoms with Crippen molar-refractivity contribution in [2.45, 2.75) is 157 Å². The third-order valence-corrected chi connectivity index (χ3v) is 7.25. The average Bonchev–Trinajstić information content (AvgIpc) is 2.80. The maximum Gasteiger partial charge on any atom is 0.305 e. The van der Waals surface area contributed by atoms with Gasteiger partial charge in [0.2, 0.25) is 0 Å². The van der Waals surface area contributed by atoms with Crippen LogP contribution in [0, 0.1) is 23.7 Å². The summed E-state index contributed by atoms with van der Waals surface area (Å²) < 4.78 is 10.8. The van der Waals surface area contributed by atoms with Crippen LogP contribution < -0.4 is 0 Å². The number of esters is 2. The topological polar surface area (TPSA) is 52.6 Å². The molecule has 1 atom stereocenters. The van der Waals surface area contributed by atoms with E-state index in [1.54, 1.807) is 0 Å². The molecule has 0 spiro atoms. The lowest BCUT2D eigenvalue weighted by Gasteiger charge is -2.20. The maximum atomic E-state index is 12.1. The molecule has 1 unspecified atom stereocenters. The van der Waals surface area contributed by atoms with Gasteiger partial charge < -0.3 is 9.47 Å². The fourth-order valence-corrected chi connectivity index (χ4v) is 4.68. The van der Waals surface area contributed by atoms with Gasteiger partial charge in [0.05, 0.1) is 13.2 Å². The molecule has 0 aromatic rings. The molecule has 4 nitrogen and oxygen atoms in total. The number of hydrogen-bond acceptors (Lipinski definition) is 4. The van der Waals surface area contributed by atoms with Crippen LogP contribution in [-0.4, -0.2) is 25.2 Å². The van der Waals surface area contributed by atoms with E-state index in [9.17, 15) is 9.59 Å². The van der Waals surface area contributed by atoms with E-state index in [4.69, 9.17) is 9.47 Å². The van der Waals surface area contributed by atoms with E-state index < -0.39 is 0 Å². The van der Waals surface area contributed by atoms with Crippen LogP contribution in [0.5, 0.6) is 0 Å². The molecule has 0 fully saturated rings. The van der Waals surface area contributed by atoms with Gasteiger partial charge in [0, 0.05) is 12.8 Å². The Bertz CT molecular complexity index is 512. The van der Waals surface area contributed by atoms with Crippen LogP contribution in [0.4, 0.5) is 0 Å². The molecule has 0 aliphatic rings. The van der Waals surface area contributed by atoms with Gasteiger partial charge in [-0.25, -0.2) is 0 Å². The zero-order chi connectivity index (χ0) is 27.0. The van der Waals surface area contributed by atoms with Gasteiger partial charge in [-0.05, 0) is 62.2 Å². The van der Waals surface area contributed by atoms with Gasteiger partial charge in [-0.15, -0.1) is 0 Å². The van der Waals surface area contributed by atoms with Crippen LogP contribution in [0.3, 0.4) is 0 Å². The van der Waals surface area contributed by atoms with Crippen molar-refractivity contribution in [2.75, 3.05) is 13.2 Å². The Morgan fingerprint density at radius 2 is 0.889 bits per heavy atom. The Hall–Kier alpha value is -1.06. The van der Waals surface area contributed by atoms with Gasteiger partial charge in [0.25, 0.3) is 0 Å². The lowest BCUT2D eigenvalue weighted by atomic mass is 9.86. The first-order valence-corrected chi connectivity index (χ1v) is 15.5. The van der Waals surface area contributed by atoms with Crippen LogP contribution in [0.15, 0.2) is 0 Å². The minimum Gasteiger partial charge on any atom is -0.466 e. The van der Waals surface area contributed by atoms with Crippen LogP contribution in [0.25, 0.3) is 0 Å². The molecule has 36 heavy (non-hydrogen) atoms. The Kier molecular flexibility index (Phi) is 23.6. The molecule has 0 aliphatic carbocycles. The average molecular weight is 511 g/mol. The zero-order valence-electron chi connectivity index (χ0n) is 25.1. The molecule has 0 saturated carbocycles. The second kappa shape index (κ2) is 24.3. The predicted octanol–water partition coefficient (Wildman–Crippen LogP) is 9.68. The molecule has 4 heteroatoms. The van der Waals surface area contributed by atoms with Crippen molar-refractivity contribution in [2.24, 2.45) is 23.7 Å². The lowest BCUT2D eigenvalue weighted by Crippen LogP contribution is -2.13. The number of carbonyl (C=O) groups excluding carboxylic acids is 2. The van der Waals surface area contributed by atoms with Crippen molar-refractivity contribution >= 4 is 11.9 Å². The minimum atomic E-state index is -0.0193. The van der Waals surface area contributed by atoms with E-state index in [1.807, 2.05) is 0 Å². The third-order valence-electron chi connectivity index (χ3n) is 7.25. The summed E-state index contributed by atoms with van der Waals surface area (Å²) in [4.78, 5) is 23.8. The Balaban J connectivity index is 3.61. The molecule has 0 aromatic heterocycles. The first-order valence-electron chi connectivity index (χ1n) is 15.5. The largest absolute Gasteiger partial charge is 0.466 e. The van der Waals surface area contributed by atoms with Crippen molar-refractivity contribution in [3.05, 3.63) is 0 Å². The Morgan fingerprint density at radius 3 is 1.36 bits per heavy atom. The van der Waals surface area contributed by atoms with Crippen molar-refractivity contribution in [1.29, 1.82) is 0 Å². The number of ether oxygens (including phenoxy) is 2. The van der Waals surface area contributed by atoms with Crippen LogP contribution >= 0.6 is 0 Å². The molecule has 0 bridgehead atoms. The maximum absolute atomic E-state index is 12.1. The van der Waals surface area contributed by atoms with Gasteiger partial charge in [-0.2, -0.15) is 0 Å². The van der Waals surface area contributed by atoms with E-state index in [-0.39, 0.29) is 11.9 Å². The highest BCUT2D eigenvalue weighted by molar-refractivity contribution is 5.69. The van der Waals surface area contributed by atoms with E-state index in [1.165, 1.54) is 57.8 Å². The van der Waals surface area contributed by atoms with Gasteiger partial charge >= 0.3 is 11.9 Å². The molecular formula is C32H62O4.